The Hall–Kier alpha value is -0.0000000000000000833. The predicted molar refractivity (Wildman–Crippen MR) is 91.9 cm³/mol. The minimum atomic E-state index is -3.72. The zero-order chi connectivity index (χ0) is 16.7. The van der Waals surface area contributed by atoms with Crippen molar-refractivity contribution in [3.63, 3.8) is 0 Å². The highest BCUT2D eigenvalue weighted by Crippen LogP contribution is 2.32. The maximum atomic E-state index is 13.0. The molecule has 1 aromatic rings. The first-order valence-electron chi connectivity index (χ1n) is 7.37. The molecule has 0 amide bonds. The van der Waals surface area contributed by atoms with Crippen LogP contribution in [0.2, 0.25) is 0 Å². The van der Waals surface area contributed by atoms with Crippen LogP contribution >= 0.6 is 27.3 Å². The summed E-state index contributed by atoms with van der Waals surface area (Å²) in [6.45, 7) is 0.851. The lowest BCUT2D eigenvalue weighted by molar-refractivity contribution is 0.0877. The first kappa shape index (κ1) is 17.8. The van der Waals surface area contributed by atoms with Gasteiger partial charge in [0.25, 0.3) is 10.0 Å². The van der Waals surface area contributed by atoms with Crippen molar-refractivity contribution >= 4 is 47.1 Å². The quantitative estimate of drug-likeness (QED) is 0.693. The third-order valence-electron chi connectivity index (χ3n) is 4.13. The van der Waals surface area contributed by atoms with Crippen molar-refractivity contribution in [3.8, 4) is 0 Å². The van der Waals surface area contributed by atoms with E-state index in [9.17, 15) is 16.8 Å². The van der Waals surface area contributed by atoms with Gasteiger partial charge < -0.3 is 4.74 Å². The van der Waals surface area contributed by atoms with E-state index in [4.69, 9.17) is 4.74 Å². The molecule has 0 radical (unpaired) electrons. The van der Waals surface area contributed by atoms with Gasteiger partial charge in [-0.05, 0) is 47.3 Å². The molecule has 0 N–H and O–H groups in total. The molecule has 23 heavy (non-hydrogen) atoms. The number of sulfone groups is 1. The highest BCUT2D eigenvalue weighted by molar-refractivity contribution is 9.11. The molecule has 2 unspecified atom stereocenters. The second kappa shape index (κ2) is 6.72. The monoisotopic (exact) mass is 443 g/mol. The summed E-state index contributed by atoms with van der Waals surface area (Å²) >= 11 is 4.41. The van der Waals surface area contributed by atoms with Crippen LogP contribution in [0.4, 0.5) is 0 Å². The highest BCUT2D eigenvalue weighted by Gasteiger charge is 2.40. The van der Waals surface area contributed by atoms with E-state index in [1.54, 1.807) is 12.1 Å². The molecule has 130 valence electrons. The largest absolute Gasteiger partial charge is 0.377 e. The molecule has 6 nitrogen and oxygen atoms in total. The molecule has 10 heteroatoms. The molecule has 2 saturated heterocycles. The maximum Gasteiger partial charge on any atom is 0.252 e. The minimum absolute atomic E-state index is 0.0450. The number of hydrogen-bond acceptors (Lipinski definition) is 6. The van der Waals surface area contributed by atoms with Gasteiger partial charge in [0.15, 0.2) is 9.84 Å². The first-order valence-corrected chi connectivity index (χ1v) is 12.2. The Morgan fingerprint density at radius 2 is 2.13 bits per heavy atom. The van der Waals surface area contributed by atoms with E-state index in [0.29, 0.717) is 13.0 Å². The molecular weight excluding hydrogens is 426 g/mol. The van der Waals surface area contributed by atoms with E-state index in [1.807, 2.05) is 0 Å². The highest BCUT2D eigenvalue weighted by atomic mass is 79.9. The lowest BCUT2D eigenvalue weighted by Crippen LogP contribution is -2.44. The topological polar surface area (TPSA) is 80.8 Å². The van der Waals surface area contributed by atoms with Crippen LogP contribution in [0, 0.1) is 0 Å². The lowest BCUT2D eigenvalue weighted by atomic mass is 10.2. The van der Waals surface area contributed by atoms with Gasteiger partial charge in [-0.15, -0.1) is 11.3 Å². The molecule has 2 fully saturated rings. The molecule has 0 saturated carbocycles. The van der Waals surface area contributed by atoms with Gasteiger partial charge in [-0.25, -0.2) is 16.8 Å². The van der Waals surface area contributed by atoms with E-state index in [1.165, 1.54) is 4.31 Å². The molecule has 2 atom stereocenters. The molecular formula is C13H18BrNO5S3. The van der Waals surface area contributed by atoms with Crippen molar-refractivity contribution in [2.45, 2.75) is 35.6 Å². The van der Waals surface area contributed by atoms with Crippen molar-refractivity contribution in [1.29, 1.82) is 0 Å². The Labute approximate surface area is 148 Å². The Morgan fingerprint density at radius 1 is 1.35 bits per heavy atom. The lowest BCUT2D eigenvalue weighted by Gasteiger charge is -2.28. The van der Waals surface area contributed by atoms with Crippen LogP contribution < -0.4 is 0 Å². The van der Waals surface area contributed by atoms with Crippen molar-refractivity contribution in [2.75, 3.05) is 24.7 Å². The number of halogens is 1. The second-order valence-electron chi connectivity index (χ2n) is 5.83. The van der Waals surface area contributed by atoms with E-state index >= 15 is 0 Å². The third-order valence-corrected chi connectivity index (χ3v) is 9.89. The zero-order valence-electron chi connectivity index (χ0n) is 12.4. The second-order valence-corrected chi connectivity index (χ2v) is 12.6. The molecule has 2 aliphatic heterocycles. The fourth-order valence-corrected chi connectivity index (χ4v) is 8.64. The molecule has 0 spiro atoms. The van der Waals surface area contributed by atoms with Crippen LogP contribution in [0.15, 0.2) is 20.1 Å². The molecule has 0 aromatic carbocycles. The van der Waals surface area contributed by atoms with Crippen LogP contribution in [0.3, 0.4) is 0 Å². The summed E-state index contributed by atoms with van der Waals surface area (Å²) in [5, 5.41) is 0. The van der Waals surface area contributed by atoms with E-state index in [-0.39, 0.29) is 28.4 Å². The van der Waals surface area contributed by atoms with Crippen LogP contribution in [0.25, 0.3) is 0 Å². The van der Waals surface area contributed by atoms with Crippen LogP contribution in [0.5, 0.6) is 0 Å². The number of thiophene rings is 1. The average molecular weight is 444 g/mol. The Morgan fingerprint density at radius 3 is 2.65 bits per heavy atom. The van der Waals surface area contributed by atoms with E-state index in [2.05, 4.69) is 15.9 Å². The normalized spacial score (nSPS) is 27.7. The van der Waals surface area contributed by atoms with E-state index in [0.717, 1.165) is 28.0 Å². The standard InChI is InChI=1S/C13H18BrNO5S3/c14-12-3-4-13(21-12)23(18,19)15(8-11-2-1-6-20-11)10-5-7-22(16,17)9-10/h3-4,10-11H,1-2,5-9H2. The SMILES string of the molecule is O=S1(=O)CCC(N(CC2CCCO2)S(=O)(=O)c2ccc(Br)s2)C1. The predicted octanol–water partition coefficient (Wildman–Crippen LogP) is 1.87. The number of sulfonamides is 1. The van der Waals surface area contributed by atoms with Crippen molar-refractivity contribution in [2.24, 2.45) is 0 Å². The fraction of sp³-hybridized carbons (Fsp3) is 0.692. The van der Waals surface area contributed by atoms with Crippen molar-refractivity contribution in [3.05, 3.63) is 15.9 Å². The van der Waals surface area contributed by atoms with Crippen molar-refractivity contribution in [1.82, 2.24) is 4.31 Å². The van der Waals surface area contributed by atoms with Gasteiger partial charge in [0.2, 0.25) is 0 Å². The zero-order valence-corrected chi connectivity index (χ0v) is 16.4. The number of rotatable bonds is 5. The van der Waals surface area contributed by atoms with Gasteiger partial charge >= 0.3 is 0 Å². The Kier molecular flexibility index (Phi) is 5.20. The first-order chi connectivity index (χ1) is 10.8. The Balaban J connectivity index is 1.90. The molecule has 3 heterocycles. The average Bonchev–Trinajstić information content (AvgIpc) is 3.17. The summed E-state index contributed by atoms with van der Waals surface area (Å²) in [5.74, 6) is -0.0607. The summed E-state index contributed by atoms with van der Waals surface area (Å²) in [6.07, 6.45) is 1.91. The van der Waals surface area contributed by atoms with Gasteiger partial charge in [-0.2, -0.15) is 4.31 Å². The van der Waals surface area contributed by atoms with Gasteiger partial charge in [-0.3, -0.25) is 0 Å². The van der Waals surface area contributed by atoms with Gasteiger partial charge in [-0.1, -0.05) is 0 Å². The summed E-state index contributed by atoms with van der Waals surface area (Å²) in [5.41, 5.74) is 0. The molecule has 2 aliphatic rings. The third kappa shape index (κ3) is 3.98. The maximum absolute atomic E-state index is 13.0. The van der Waals surface area contributed by atoms with Crippen LogP contribution in [-0.4, -0.2) is 57.9 Å². The van der Waals surface area contributed by atoms with Gasteiger partial charge in [0.1, 0.15) is 4.21 Å². The van der Waals surface area contributed by atoms with Crippen LogP contribution in [0.1, 0.15) is 19.3 Å². The Bertz CT molecular complexity index is 767. The summed E-state index contributed by atoms with van der Waals surface area (Å²) in [7, 11) is -6.89. The molecule has 0 bridgehead atoms. The molecule has 3 rings (SSSR count). The minimum Gasteiger partial charge on any atom is -0.377 e. The van der Waals surface area contributed by atoms with Crippen molar-refractivity contribution < 1.29 is 21.6 Å². The van der Waals surface area contributed by atoms with E-state index < -0.39 is 25.9 Å². The summed E-state index contributed by atoms with van der Waals surface area (Å²) in [6, 6.07) is 2.73. The summed E-state index contributed by atoms with van der Waals surface area (Å²) in [4.78, 5) is 0. The molecule has 0 aliphatic carbocycles. The molecule has 1 aromatic heterocycles. The fourth-order valence-electron chi connectivity index (χ4n) is 2.99. The van der Waals surface area contributed by atoms with Crippen LogP contribution in [-0.2, 0) is 24.6 Å². The number of hydrogen-bond donors (Lipinski definition) is 0. The number of ether oxygens (including phenoxy) is 1. The number of nitrogens with zero attached hydrogens (tertiary/aromatic N) is 1. The smallest absolute Gasteiger partial charge is 0.252 e. The summed E-state index contributed by atoms with van der Waals surface area (Å²) < 4.78 is 57.5. The van der Waals surface area contributed by atoms with Gasteiger partial charge in [0.05, 0.1) is 21.4 Å². The van der Waals surface area contributed by atoms with Gasteiger partial charge in [0, 0.05) is 19.2 Å².